The van der Waals surface area contributed by atoms with Crippen LogP contribution in [0.1, 0.15) is 62.0 Å². The second-order valence-electron chi connectivity index (χ2n) is 9.80. The van der Waals surface area contributed by atoms with Crippen LogP contribution in [0.25, 0.3) is 0 Å². The Hall–Kier alpha value is -4.16. The van der Waals surface area contributed by atoms with Crippen molar-refractivity contribution in [2.75, 3.05) is 34.4 Å². The molecule has 0 radical (unpaired) electrons. The van der Waals surface area contributed by atoms with Crippen LogP contribution in [0, 0.1) is 18.6 Å². The van der Waals surface area contributed by atoms with Gasteiger partial charge in [0.15, 0.2) is 17.3 Å². The average Bonchev–Trinajstić information content (AvgIpc) is 3.34. The maximum absolute atomic E-state index is 14.1. The molecule has 1 aliphatic rings. The normalized spacial score (nSPS) is 14.2. The summed E-state index contributed by atoms with van der Waals surface area (Å²) in [5.74, 6) is -3.97. The molecule has 0 unspecified atom stereocenters. The number of nitrogens with zero attached hydrogens (tertiary/aromatic N) is 3. The fourth-order valence-electron chi connectivity index (χ4n) is 5.05. The predicted octanol–water partition coefficient (Wildman–Crippen LogP) is 5.32. The average molecular weight is 581 g/mol. The number of nitrogens with one attached hydrogen (secondary N) is 1. The van der Waals surface area contributed by atoms with Crippen LogP contribution in [-0.2, 0) is 12.7 Å². The highest BCUT2D eigenvalue weighted by molar-refractivity contribution is 6.00. The fraction of sp³-hybridized carbons (Fsp3) is 0.393. The molecule has 2 amide bonds. The van der Waals surface area contributed by atoms with Crippen molar-refractivity contribution in [1.29, 1.82) is 0 Å². The summed E-state index contributed by atoms with van der Waals surface area (Å²) < 4.78 is 78.7. The number of carbonyl (C=O) groups excluding carboxylic acids is 2. The van der Waals surface area contributed by atoms with E-state index in [9.17, 15) is 31.5 Å². The van der Waals surface area contributed by atoms with Gasteiger partial charge >= 0.3 is 6.18 Å². The van der Waals surface area contributed by atoms with Crippen molar-refractivity contribution < 1.29 is 41.0 Å². The number of hydrogen-bond donors (Lipinski definition) is 1. The lowest BCUT2D eigenvalue weighted by atomic mass is 9.86. The van der Waals surface area contributed by atoms with Crippen molar-refractivity contribution in [1.82, 2.24) is 20.0 Å². The van der Waals surface area contributed by atoms with Gasteiger partial charge in [-0.1, -0.05) is 6.07 Å². The Labute approximate surface area is 233 Å². The molecule has 0 spiro atoms. The van der Waals surface area contributed by atoms with Crippen LogP contribution in [0.5, 0.6) is 11.5 Å². The van der Waals surface area contributed by atoms with Crippen molar-refractivity contribution in [3.8, 4) is 11.5 Å². The number of methoxy groups -OCH3 is 2. The van der Waals surface area contributed by atoms with Gasteiger partial charge in [-0.2, -0.15) is 18.3 Å². The van der Waals surface area contributed by atoms with Crippen molar-refractivity contribution in [2.24, 2.45) is 0 Å². The van der Waals surface area contributed by atoms with Crippen LogP contribution in [0.3, 0.4) is 0 Å². The molecule has 0 saturated carbocycles. The lowest BCUT2D eigenvalue weighted by Gasteiger charge is -2.33. The van der Waals surface area contributed by atoms with Gasteiger partial charge in [-0.15, -0.1) is 0 Å². The Morgan fingerprint density at radius 2 is 1.78 bits per heavy atom. The Morgan fingerprint density at radius 3 is 2.39 bits per heavy atom. The highest BCUT2D eigenvalue weighted by Gasteiger charge is 2.41. The Kier molecular flexibility index (Phi) is 8.55. The van der Waals surface area contributed by atoms with E-state index >= 15 is 0 Å². The molecular formula is C28H29F5N4O4. The van der Waals surface area contributed by atoms with E-state index in [1.807, 2.05) is 0 Å². The topological polar surface area (TPSA) is 87.8 Å². The molecule has 220 valence electrons. The number of amides is 2. The van der Waals surface area contributed by atoms with E-state index in [0.717, 1.165) is 11.6 Å². The number of hydrogen-bond acceptors (Lipinski definition) is 5. The number of benzene rings is 2. The van der Waals surface area contributed by atoms with E-state index in [0.29, 0.717) is 23.1 Å². The van der Waals surface area contributed by atoms with Gasteiger partial charge < -0.3 is 19.3 Å². The zero-order chi connectivity index (χ0) is 30.1. The molecule has 2 heterocycles. The summed E-state index contributed by atoms with van der Waals surface area (Å²) >= 11 is 0. The first kappa shape index (κ1) is 29.8. The molecule has 0 atom stereocenters. The van der Waals surface area contributed by atoms with Gasteiger partial charge in [-0.3, -0.25) is 14.7 Å². The van der Waals surface area contributed by atoms with E-state index < -0.39 is 41.1 Å². The summed E-state index contributed by atoms with van der Waals surface area (Å²) in [6, 6.07) is 6.86. The third kappa shape index (κ3) is 5.98. The zero-order valence-corrected chi connectivity index (χ0v) is 22.9. The van der Waals surface area contributed by atoms with Crippen molar-refractivity contribution in [2.45, 2.75) is 38.4 Å². The van der Waals surface area contributed by atoms with Crippen molar-refractivity contribution >= 4 is 11.8 Å². The first-order chi connectivity index (χ1) is 19.4. The Balaban J connectivity index is 1.45. The first-order valence-electron chi connectivity index (χ1n) is 12.7. The van der Waals surface area contributed by atoms with E-state index in [-0.39, 0.29) is 49.4 Å². The van der Waals surface area contributed by atoms with Crippen LogP contribution in [0.15, 0.2) is 30.3 Å². The number of rotatable bonds is 7. The van der Waals surface area contributed by atoms with Gasteiger partial charge in [-0.25, -0.2) is 8.78 Å². The summed E-state index contributed by atoms with van der Waals surface area (Å²) in [7, 11) is 4.62. The highest BCUT2D eigenvalue weighted by atomic mass is 19.4. The molecule has 1 fully saturated rings. The lowest BCUT2D eigenvalue weighted by Crippen LogP contribution is -2.38. The molecule has 41 heavy (non-hydrogen) atoms. The molecule has 0 bridgehead atoms. The molecule has 13 heteroatoms. The lowest BCUT2D eigenvalue weighted by molar-refractivity contribution is -0.141. The van der Waals surface area contributed by atoms with Crippen LogP contribution >= 0.6 is 0 Å². The zero-order valence-electron chi connectivity index (χ0n) is 22.9. The van der Waals surface area contributed by atoms with E-state index in [4.69, 9.17) is 9.47 Å². The Morgan fingerprint density at radius 1 is 1.10 bits per heavy atom. The number of aromatic nitrogens is 2. The maximum Gasteiger partial charge on any atom is 0.419 e. The fourth-order valence-corrected chi connectivity index (χ4v) is 5.05. The van der Waals surface area contributed by atoms with Gasteiger partial charge in [0.05, 0.1) is 19.8 Å². The number of aromatic amines is 1. The van der Waals surface area contributed by atoms with Gasteiger partial charge in [0.1, 0.15) is 17.2 Å². The molecule has 0 aliphatic carbocycles. The smallest absolute Gasteiger partial charge is 0.419 e. The molecule has 3 aromatic rings. The minimum Gasteiger partial charge on any atom is -0.497 e. The summed E-state index contributed by atoms with van der Waals surface area (Å²) in [6.45, 7) is 1.94. The summed E-state index contributed by atoms with van der Waals surface area (Å²) in [6.07, 6.45) is -4.83. The van der Waals surface area contributed by atoms with Crippen LogP contribution in [-0.4, -0.2) is 66.2 Å². The summed E-state index contributed by atoms with van der Waals surface area (Å²) in [5, 5.41) is 6.69. The van der Waals surface area contributed by atoms with Crippen molar-refractivity contribution in [3.63, 3.8) is 0 Å². The number of H-pyrrole nitrogens is 1. The molecule has 1 N–H and O–H groups in total. The SMILES string of the molecule is COc1ccc(CN(C)C(=O)c2n[nH]c(C(=O)N3CCC(c4ccc(F)c(F)c4C(F)(F)F)CC3)c2C)c(OC)c1. The monoisotopic (exact) mass is 580 g/mol. The van der Waals surface area contributed by atoms with Crippen LogP contribution in [0.4, 0.5) is 22.0 Å². The molecule has 1 aliphatic heterocycles. The highest BCUT2D eigenvalue weighted by Crippen LogP contribution is 2.41. The van der Waals surface area contributed by atoms with E-state index in [2.05, 4.69) is 10.2 Å². The quantitative estimate of drug-likeness (QED) is 0.382. The number of carbonyl (C=O) groups is 2. The second-order valence-corrected chi connectivity index (χ2v) is 9.80. The molecule has 1 aromatic heterocycles. The number of likely N-dealkylation sites (tertiary alicyclic amines) is 1. The minimum atomic E-state index is -5.06. The molecule has 2 aromatic carbocycles. The molecule has 4 rings (SSSR count). The summed E-state index contributed by atoms with van der Waals surface area (Å²) in [5.41, 5.74) is -0.737. The predicted molar refractivity (Wildman–Crippen MR) is 138 cm³/mol. The third-order valence-electron chi connectivity index (χ3n) is 7.31. The maximum atomic E-state index is 14.1. The molecule has 8 nitrogen and oxygen atoms in total. The molecular weight excluding hydrogens is 551 g/mol. The third-order valence-corrected chi connectivity index (χ3v) is 7.31. The van der Waals surface area contributed by atoms with Crippen LogP contribution in [0.2, 0.25) is 0 Å². The van der Waals surface area contributed by atoms with Gasteiger partial charge in [0.2, 0.25) is 0 Å². The second kappa shape index (κ2) is 11.8. The summed E-state index contributed by atoms with van der Waals surface area (Å²) in [4.78, 5) is 29.3. The largest absolute Gasteiger partial charge is 0.497 e. The minimum absolute atomic E-state index is 0.0508. The van der Waals surface area contributed by atoms with Crippen molar-refractivity contribution in [3.05, 3.63) is 75.6 Å². The van der Waals surface area contributed by atoms with E-state index in [1.54, 1.807) is 32.2 Å². The van der Waals surface area contributed by atoms with Gasteiger partial charge in [0.25, 0.3) is 11.8 Å². The number of halogens is 5. The first-order valence-corrected chi connectivity index (χ1v) is 12.7. The number of ether oxygens (including phenoxy) is 2. The molecule has 1 saturated heterocycles. The van der Waals surface area contributed by atoms with E-state index in [1.165, 1.54) is 24.0 Å². The number of alkyl halides is 3. The standard InChI is InChI=1S/C28H29F5N4O4/c1-15-24(26(38)36(2)14-17-5-6-18(40-3)13-21(17)41-4)34-35-25(15)27(39)37-11-9-16(10-12-37)19-7-8-20(29)23(30)22(19)28(31,32)33/h5-8,13,16H,9-12,14H2,1-4H3,(H,34,35). The van der Waals surface area contributed by atoms with Crippen LogP contribution < -0.4 is 9.47 Å². The van der Waals surface area contributed by atoms with Gasteiger partial charge in [0, 0.05) is 43.9 Å². The Bertz CT molecular complexity index is 1450. The number of piperidine rings is 1. The van der Waals surface area contributed by atoms with Gasteiger partial charge in [-0.05, 0) is 49.4 Å².